The summed E-state index contributed by atoms with van der Waals surface area (Å²) in [5.41, 5.74) is -1.82. The molecule has 0 heterocycles. The topological polar surface area (TPSA) is 107 Å². The molecule has 0 aromatic heterocycles. The first kappa shape index (κ1) is 12.4. The minimum atomic E-state index is -1.82. The van der Waals surface area contributed by atoms with Gasteiger partial charge in [-0.2, -0.15) is 0 Å². The molecule has 0 aromatic carbocycles. The van der Waals surface area contributed by atoms with Crippen LogP contribution in [0.1, 0.15) is 12.8 Å². The Morgan fingerprint density at radius 1 is 1.47 bits per heavy atom. The number of ether oxygens (including phenoxy) is 1. The first-order chi connectivity index (χ1) is 6.94. The summed E-state index contributed by atoms with van der Waals surface area (Å²) >= 11 is 0. The fraction of sp³-hybridized carbons (Fsp3) is 0.889. The smallest absolute Gasteiger partial charge is 0.337 e. The van der Waals surface area contributed by atoms with E-state index in [1.165, 1.54) is 0 Å². The summed E-state index contributed by atoms with van der Waals surface area (Å²) in [6.45, 7) is -0.405. The van der Waals surface area contributed by atoms with E-state index in [0.717, 1.165) is 7.11 Å². The number of rotatable bonds is 2. The number of carbonyl (C=O) groups is 1. The molecule has 0 aliphatic heterocycles. The average Bonchev–Trinajstić information content (AvgIpc) is 2.22. The zero-order valence-corrected chi connectivity index (χ0v) is 8.46. The number of methoxy groups -OCH3 is 1. The molecular formula is C9H16O6. The molecule has 0 unspecified atom stereocenters. The number of hydrogen-bond donors (Lipinski definition) is 4. The molecule has 1 rings (SSSR count). The van der Waals surface area contributed by atoms with Crippen LogP contribution in [-0.2, 0) is 9.53 Å². The largest absolute Gasteiger partial charge is 0.467 e. The maximum atomic E-state index is 11.3. The molecule has 1 aliphatic carbocycles. The van der Waals surface area contributed by atoms with E-state index in [0.29, 0.717) is 0 Å². The Morgan fingerprint density at radius 3 is 2.53 bits per heavy atom. The molecular weight excluding hydrogens is 204 g/mol. The number of aliphatic hydroxyl groups excluding tert-OH is 3. The summed E-state index contributed by atoms with van der Waals surface area (Å²) in [7, 11) is 1.13. The van der Waals surface area contributed by atoms with Gasteiger partial charge in [-0.25, -0.2) is 4.79 Å². The molecule has 0 spiro atoms. The van der Waals surface area contributed by atoms with Crippen LogP contribution >= 0.6 is 0 Å². The van der Waals surface area contributed by atoms with E-state index in [4.69, 9.17) is 5.11 Å². The zero-order valence-electron chi connectivity index (χ0n) is 8.46. The van der Waals surface area contributed by atoms with Crippen LogP contribution in [0.25, 0.3) is 0 Å². The van der Waals surface area contributed by atoms with Gasteiger partial charge < -0.3 is 25.2 Å². The minimum Gasteiger partial charge on any atom is -0.467 e. The summed E-state index contributed by atoms with van der Waals surface area (Å²) in [6.07, 6.45) is -2.76. The Bertz CT molecular complexity index is 243. The van der Waals surface area contributed by atoms with Gasteiger partial charge in [0.15, 0.2) is 5.60 Å². The van der Waals surface area contributed by atoms with Gasteiger partial charge in [-0.15, -0.1) is 0 Å². The second-order valence-electron chi connectivity index (χ2n) is 3.93. The molecule has 0 bridgehead atoms. The summed E-state index contributed by atoms with van der Waals surface area (Å²) in [4.78, 5) is 11.3. The fourth-order valence-corrected chi connectivity index (χ4v) is 1.95. The molecule has 0 aromatic rings. The summed E-state index contributed by atoms with van der Waals surface area (Å²) in [5.74, 6) is -1.58. The highest BCUT2D eigenvalue weighted by atomic mass is 16.5. The molecule has 6 nitrogen and oxygen atoms in total. The Balaban J connectivity index is 2.82. The van der Waals surface area contributed by atoms with Crippen LogP contribution in [0.4, 0.5) is 0 Å². The Labute approximate surface area is 87.1 Å². The lowest BCUT2D eigenvalue weighted by Gasteiger charge is -2.39. The van der Waals surface area contributed by atoms with Gasteiger partial charge in [0.05, 0.1) is 19.3 Å². The van der Waals surface area contributed by atoms with Gasteiger partial charge in [-0.1, -0.05) is 0 Å². The Hall–Kier alpha value is -0.690. The third kappa shape index (κ3) is 2.28. The molecule has 4 N–H and O–H groups in total. The van der Waals surface area contributed by atoms with E-state index in [1.54, 1.807) is 0 Å². The molecule has 1 aliphatic rings. The van der Waals surface area contributed by atoms with Gasteiger partial charge in [0.1, 0.15) is 0 Å². The SMILES string of the molecule is COC(=O)[C@]1(O)C[C@H](CO)[C@@H](O)[C@H](O)C1. The third-order valence-corrected chi connectivity index (χ3v) is 2.82. The number of aliphatic hydroxyl groups is 4. The van der Waals surface area contributed by atoms with Crippen LogP contribution < -0.4 is 0 Å². The number of carbonyl (C=O) groups excluding carboxylic acids is 1. The second-order valence-corrected chi connectivity index (χ2v) is 3.93. The summed E-state index contributed by atoms with van der Waals surface area (Å²) < 4.78 is 4.41. The second kappa shape index (κ2) is 4.44. The predicted molar refractivity (Wildman–Crippen MR) is 48.8 cm³/mol. The van der Waals surface area contributed by atoms with Crippen molar-refractivity contribution in [2.75, 3.05) is 13.7 Å². The van der Waals surface area contributed by atoms with Crippen LogP contribution in [0, 0.1) is 5.92 Å². The van der Waals surface area contributed by atoms with Crippen molar-refractivity contribution in [2.45, 2.75) is 30.7 Å². The fourth-order valence-electron chi connectivity index (χ4n) is 1.95. The predicted octanol–water partition coefficient (Wildman–Crippen LogP) is -1.99. The van der Waals surface area contributed by atoms with Crippen molar-refractivity contribution < 1.29 is 30.0 Å². The van der Waals surface area contributed by atoms with Crippen molar-refractivity contribution in [3.8, 4) is 0 Å². The van der Waals surface area contributed by atoms with E-state index in [-0.39, 0.29) is 12.8 Å². The molecule has 88 valence electrons. The van der Waals surface area contributed by atoms with E-state index in [9.17, 15) is 20.1 Å². The van der Waals surface area contributed by atoms with Crippen LogP contribution in [-0.4, -0.2) is 57.9 Å². The van der Waals surface area contributed by atoms with E-state index in [1.807, 2.05) is 0 Å². The summed E-state index contributed by atoms with van der Waals surface area (Å²) in [6, 6.07) is 0. The quantitative estimate of drug-likeness (QED) is 0.401. The van der Waals surface area contributed by atoms with Crippen LogP contribution in [0.2, 0.25) is 0 Å². The highest BCUT2D eigenvalue weighted by Crippen LogP contribution is 2.33. The van der Waals surface area contributed by atoms with Gasteiger partial charge in [-0.05, 0) is 6.42 Å². The van der Waals surface area contributed by atoms with Crippen molar-refractivity contribution in [1.82, 2.24) is 0 Å². The minimum absolute atomic E-state index is 0.117. The lowest BCUT2D eigenvalue weighted by molar-refractivity contribution is -0.184. The molecule has 4 atom stereocenters. The first-order valence-corrected chi connectivity index (χ1v) is 4.72. The van der Waals surface area contributed by atoms with E-state index >= 15 is 0 Å². The van der Waals surface area contributed by atoms with Gasteiger partial charge >= 0.3 is 5.97 Å². The molecule has 15 heavy (non-hydrogen) atoms. The van der Waals surface area contributed by atoms with Gasteiger partial charge in [0.25, 0.3) is 0 Å². The van der Waals surface area contributed by atoms with Crippen LogP contribution in [0.5, 0.6) is 0 Å². The Morgan fingerprint density at radius 2 is 2.07 bits per heavy atom. The maximum Gasteiger partial charge on any atom is 0.337 e. The molecule has 1 saturated carbocycles. The normalized spacial score (nSPS) is 41.3. The maximum absolute atomic E-state index is 11.3. The zero-order chi connectivity index (χ0) is 11.6. The number of hydrogen-bond acceptors (Lipinski definition) is 6. The van der Waals surface area contributed by atoms with Crippen molar-refractivity contribution in [2.24, 2.45) is 5.92 Å². The van der Waals surface area contributed by atoms with E-state index < -0.39 is 36.3 Å². The average molecular weight is 220 g/mol. The standard InChI is InChI=1S/C9H16O6/c1-15-8(13)9(14)2-5(4-10)7(12)6(11)3-9/h5-7,10-12,14H,2-4H2,1H3/t5-,6-,7-,9+/m1/s1. The van der Waals surface area contributed by atoms with Crippen molar-refractivity contribution in [1.29, 1.82) is 0 Å². The Kier molecular flexibility index (Phi) is 3.67. The molecule has 0 saturated heterocycles. The monoisotopic (exact) mass is 220 g/mol. The van der Waals surface area contributed by atoms with Crippen molar-refractivity contribution in [3.63, 3.8) is 0 Å². The van der Waals surface area contributed by atoms with E-state index in [2.05, 4.69) is 4.74 Å². The molecule has 1 fully saturated rings. The van der Waals surface area contributed by atoms with Crippen molar-refractivity contribution >= 4 is 5.97 Å². The number of esters is 1. The highest BCUT2D eigenvalue weighted by molar-refractivity contribution is 5.79. The van der Waals surface area contributed by atoms with Gasteiger partial charge in [-0.3, -0.25) is 0 Å². The van der Waals surface area contributed by atoms with Gasteiger partial charge in [0, 0.05) is 18.9 Å². The third-order valence-electron chi connectivity index (χ3n) is 2.82. The first-order valence-electron chi connectivity index (χ1n) is 4.72. The van der Waals surface area contributed by atoms with Crippen molar-refractivity contribution in [3.05, 3.63) is 0 Å². The van der Waals surface area contributed by atoms with Crippen LogP contribution in [0.15, 0.2) is 0 Å². The molecule has 0 amide bonds. The van der Waals surface area contributed by atoms with Crippen LogP contribution in [0.3, 0.4) is 0 Å². The lowest BCUT2D eigenvalue weighted by atomic mass is 9.75. The molecule has 6 heteroatoms. The lowest BCUT2D eigenvalue weighted by Crippen LogP contribution is -2.55. The highest BCUT2D eigenvalue weighted by Gasteiger charge is 2.49. The summed E-state index contributed by atoms with van der Waals surface area (Å²) in [5, 5.41) is 37.7. The molecule has 0 radical (unpaired) electrons. The van der Waals surface area contributed by atoms with Gasteiger partial charge in [0.2, 0.25) is 0 Å².